The number of aromatic nitrogens is 3. The number of β-amino-alcohol motifs (C(OH)–C–C–N with tert-alkyl or cyclic N) is 1. The van der Waals surface area contributed by atoms with E-state index in [1.807, 2.05) is 41.3 Å². The molecule has 1 atom stereocenters. The third-order valence-corrected chi connectivity index (χ3v) is 4.49. The lowest BCUT2D eigenvalue weighted by atomic mass is 10.1. The van der Waals surface area contributed by atoms with Crippen molar-refractivity contribution >= 4 is 11.8 Å². The molecule has 0 radical (unpaired) electrons. The second-order valence-electron chi connectivity index (χ2n) is 6.36. The van der Waals surface area contributed by atoms with Gasteiger partial charge >= 0.3 is 0 Å². The van der Waals surface area contributed by atoms with Crippen molar-refractivity contribution in [1.29, 1.82) is 0 Å². The monoisotopic (exact) mass is 367 g/mol. The van der Waals surface area contributed by atoms with Crippen LogP contribution in [0.1, 0.15) is 12.2 Å². The van der Waals surface area contributed by atoms with Gasteiger partial charge in [-0.15, -0.1) is 0 Å². The summed E-state index contributed by atoms with van der Waals surface area (Å²) in [6, 6.07) is 11.4. The molecule has 8 nitrogen and oxygen atoms in total. The number of nitrogens with zero attached hydrogens (tertiary/aromatic N) is 4. The van der Waals surface area contributed by atoms with Crippen molar-refractivity contribution in [2.45, 2.75) is 19.1 Å². The van der Waals surface area contributed by atoms with E-state index < -0.39 is 0 Å². The summed E-state index contributed by atoms with van der Waals surface area (Å²) >= 11 is 0. The molecule has 0 aliphatic carbocycles. The van der Waals surface area contributed by atoms with Gasteiger partial charge in [0.15, 0.2) is 5.76 Å². The van der Waals surface area contributed by atoms with Gasteiger partial charge in [0.2, 0.25) is 5.95 Å². The smallest absolute Gasteiger partial charge is 0.224 e. The highest BCUT2D eigenvalue weighted by Gasteiger charge is 2.21. The summed E-state index contributed by atoms with van der Waals surface area (Å²) in [7, 11) is 1.63. The Balaban J connectivity index is 1.43. The van der Waals surface area contributed by atoms with Crippen LogP contribution in [0.4, 0.5) is 11.8 Å². The number of nitrogens with one attached hydrogen (secondary N) is 1. The van der Waals surface area contributed by atoms with Crippen LogP contribution in [0.5, 0.6) is 5.75 Å². The SMILES string of the molecule is COc1ccccc1-c1cc(CNc2nccc(N3CC[C@H](O)C3)n2)on1. The van der Waals surface area contributed by atoms with Gasteiger partial charge in [-0.3, -0.25) is 0 Å². The molecule has 1 aliphatic rings. The van der Waals surface area contributed by atoms with Gasteiger partial charge in [0.1, 0.15) is 17.3 Å². The summed E-state index contributed by atoms with van der Waals surface area (Å²) in [4.78, 5) is 10.8. The van der Waals surface area contributed by atoms with Gasteiger partial charge in [0.05, 0.1) is 19.8 Å². The Bertz CT molecular complexity index is 914. The second kappa shape index (κ2) is 7.63. The Kier molecular flexibility index (Phi) is 4.88. The average molecular weight is 367 g/mol. The van der Waals surface area contributed by atoms with Gasteiger partial charge in [0, 0.05) is 30.9 Å². The molecule has 4 rings (SSSR count). The largest absolute Gasteiger partial charge is 0.496 e. The first-order chi connectivity index (χ1) is 13.2. The molecular weight excluding hydrogens is 346 g/mol. The van der Waals surface area contributed by atoms with Gasteiger partial charge in [-0.2, -0.15) is 4.98 Å². The summed E-state index contributed by atoms with van der Waals surface area (Å²) in [6.45, 7) is 1.80. The fourth-order valence-corrected chi connectivity index (χ4v) is 3.11. The second-order valence-corrected chi connectivity index (χ2v) is 6.36. The van der Waals surface area contributed by atoms with Crippen molar-refractivity contribution in [3.63, 3.8) is 0 Å². The fourth-order valence-electron chi connectivity index (χ4n) is 3.11. The molecule has 1 saturated heterocycles. The van der Waals surface area contributed by atoms with Crippen LogP contribution in [0.25, 0.3) is 11.3 Å². The van der Waals surface area contributed by atoms with Crippen LogP contribution in [0.3, 0.4) is 0 Å². The van der Waals surface area contributed by atoms with Crippen LogP contribution >= 0.6 is 0 Å². The van der Waals surface area contributed by atoms with E-state index in [1.165, 1.54) is 0 Å². The first-order valence-electron chi connectivity index (χ1n) is 8.82. The predicted molar refractivity (Wildman–Crippen MR) is 101 cm³/mol. The number of para-hydroxylation sites is 1. The zero-order valence-electron chi connectivity index (χ0n) is 15.0. The zero-order chi connectivity index (χ0) is 18.6. The number of aliphatic hydroxyl groups is 1. The van der Waals surface area contributed by atoms with Crippen LogP contribution in [0, 0.1) is 0 Å². The van der Waals surface area contributed by atoms with Crippen LogP contribution in [0.15, 0.2) is 47.1 Å². The summed E-state index contributed by atoms with van der Waals surface area (Å²) in [5.41, 5.74) is 1.59. The molecule has 27 heavy (non-hydrogen) atoms. The highest BCUT2D eigenvalue weighted by atomic mass is 16.5. The zero-order valence-corrected chi connectivity index (χ0v) is 15.0. The van der Waals surface area contributed by atoms with Crippen LogP contribution in [0.2, 0.25) is 0 Å². The standard InChI is InChI=1S/C19H21N5O3/c1-26-17-5-3-2-4-15(17)16-10-14(27-23-16)11-21-19-20-8-6-18(22-19)24-9-7-13(25)12-24/h2-6,8,10,13,25H,7,9,11-12H2,1H3,(H,20,21,22)/t13-/m0/s1. The van der Waals surface area contributed by atoms with Gasteiger partial charge in [0.25, 0.3) is 0 Å². The first-order valence-corrected chi connectivity index (χ1v) is 8.82. The summed E-state index contributed by atoms with van der Waals surface area (Å²) < 4.78 is 10.8. The number of benzene rings is 1. The Morgan fingerprint density at radius 2 is 2.22 bits per heavy atom. The van der Waals surface area contributed by atoms with E-state index in [-0.39, 0.29) is 6.10 Å². The Labute approximate surface area is 156 Å². The molecule has 3 heterocycles. The molecule has 0 saturated carbocycles. The van der Waals surface area contributed by atoms with Crippen molar-refractivity contribution < 1.29 is 14.4 Å². The molecule has 0 amide bonds. The minimum Gasteiger partial charge on any atom is -0.496 e. The highest BCUT2D eigenvalue weighted by molar-refractivity contribution is 5.66. The molecular formula is C19H21N5O3. The molecule has 1 fully saturated rings. The third-order valence-electron chi connectivity index (χ3n) is 4.49. The molecule has 8 heteroatoms. The molecule has 2 N–H and O–H groups in total. The summed E-state index contributed by atoms with van der Waals surface area (Å²) in [5, 5.41) is 17.0. The first kappa shape index (κ1) is 17.3. The van der Waals surface area contributed by atoms with Crippen LogP contribution in [-0.2, 0) is 6.54 Å². The Hall–Kier alpha value is -3.13. The quantitative estimate of drug-likeness (QED) is 0.685. The number of anilines is 2. The van der Waals surface area contributed by atoms with E-state index in [2.05, 4.69) is 20.4 Å². The lowest BCUT2D eigenvalue weighted by molar-refractivity contribution is 0.198. The maximum atomic E-state index is 9.69. The molecule has 0 spiro atoms. The lowest BCUT2D eigenvalue weighted by Gasteiger charge is -2.16. The van der Waals surface area contributed by atoms with E-state index >= 15 is 0 Å². The van der Waals surface area contributed by atoms with Gasteiger partial charge in [-0.05, 0) is 24.6 Å². The van der Waals surface area contributed by atoms with Gasteiger partial charge < -0.3 is 24.6 Å². The van der Waals surface area contributed by atoms with Crippen molar-refractivity contribution in [2.24, 2.45) is 0 Å². The number of hydrogen-bond acceptors (Lipinski definition) is 8. The fraction of sp³-hybridized carbons (Fsp3) is 0.316. The number of hydrogen-bond donors (Lipinski definition) is 2. The maximum Gasteiger partial charge on any atom is 0.224 e. The maximum absolute atomic E-state index is 9.69. The average Bonchev–Trinajstić information content (AvgIpc) is 3.36. The third kappa shape index (κ3) is 3.85. The van der Waals surface area contributed by atoms with E-state index in [4.69, 9.17) is 9.26 Å². The number of ether oxygens (including phenoxy) is 1. The molecule has 140 valence electrons. The van der Waals surface area contributed by atoms with E-state index in [0.717, 1.165) is 30.1 Å². The van der Waals surface area contributed by atoms with Crippen molar-refractivity contribution in [3.05, 3.63) is 48.4 Å². The van der Waals surface area contributed by atoms with Crippen LogP contribution < -0.4 is 15.0 Å². The van der Waals surface area contributed by atoms with Crippen molar-refractivity contribution in [3.8, 4) is 17.0 Å². The van der Waals surface area contributed by atoms with Gasteiger partial charge in [-0.1, -0.05) is 17.3 Å². The molecule has 0 unspecified atom stereocenters. The highest BCUT2D eigenvalue weighted by Crippen LogP contribution is 2.29. The number of methoxy groups -OCH3 is 1. The minimum atomic E-state index is -0.293. The Morgan fingerprint density at radius 3 is 3.04 bits per heavy atom. The number of rotatable bonds is 6. The molecule has 3 aromatic rings. The van der Waals surface area contributed by atoms with Crippen molar-refractivity contribution in [1.82, 2.24) is 15.1 Å². The van der Waals surface area contributed by atoms with Crippen molar-refractivity contribution in [2.75, 3.05) is 30.4 Å². The summed E-state index contributed by atoms with van der Waals surface area (Å²) in [6.07, 6.45) is 2.17. The summed E-state index contributed by atoms with van der Waals surface area (Å²) in [5.74, 6) is 2.72. The van der Waals surface area contributed by atoms with E-state index in [9.17, 15) is 5.11 Å². The molecule has 0 bridgehead atoms. The van der Waals surface area contributed by atoms with E-state index in [0.29, 0.717) is 30.5 Å². The van der Waals surface area contributed by atoms with Gasteiger partial charge in [-0.25, -0.2) is 4.98 Å². The topological polar surface area (TPSA) is 96.5 Å². The minimum absolute atomic E-state index is 0.293. The number of aliphatic hydroxyl groups excluding tert-OH is 1. The molecule has 1 aromatic carbocycles. The van der Waals surface area contributed by atoms with Crippen LogP contribution in [-0.4, -0.2) is 46.5 Å². The molecule has 1 aliphatic heterocycles. The molecule has 2 aromatic heterocycles. The van der Waals surface area contributed by atoms with E-state index in [1.54, 1.807) is 13.3 Å². The lowest BCUT2D eigenvalue weighted by Crippen LogP contribution is -2.22. The normalized spacial score (nSPS) is 16.5. The predicted octanol–water partition coefficient (Wildman–Crippen LogP) is 2.32. The Morgan fingerprint density at radius 1 is 1.33 bits per heavy atom.